The number of nitrogens with zero attached hydrogens (tertiary/aromatic N) is 2. The van der Waals surface area contributed by atoms with Crippen LogP contribution in [0.5, 0.6) is 5.75 Å². The number of benzene rings is 3. The van der Waals surface area contributed by atoms with Crippen LogP contribution < -0.4 is 15.4 Å². The molecule has 2 aliphatic rings. The molecular formula is C33H36F2N4O6. The van der Waals surface area contributed by atoms with E-state index in [9.17, 15) is 19.5 Å². The Morgan fingerprint density at radius 3 is 2.53 bits per heavy atom. The highest BCUT2D eigenvalue weighted by atomic mass is 19.1. The second-order valence-electron chi connectivity index (χ2n) is 11.3. The van der Waals surface area contributed by atoms with Gasteiger partial charge >= 0.3 is 6.03 Å². The van der Waals surface area contributed by atoms with Crippen molar-refractivity contribution in [3.63, 3.8) is 0 Å². The molecule has 2 heterocycles. The second kappa shape index (κ2) is 13.3. The van der Waals surface area contributed by atoms with E-state index in [0.29, 0.717) is 29.8 Å². The molecule has 0 bridgehead atoms. The first-order valence-corrected chi connectivity index (χ1v) is 14.6. The van der Waals surface area contributed by atoms with Gasteiger partial charge in [-0.15, -0.1) is 0 Å². The van der Waals surface area contributed by atoms with Gasteiger partial charge in [-0.2, -0.15) is 0 Å². The maximum atomic E-state index is 16.2. The fraction of sp³-hybridized carbons (Fsp3) is 0.364. The number of nitrogens with one attached hydrogen (secondary N) is 2. The number of hydrogen-bond acceptors (Lipinski definition) is 7. The minimum absolute atomic E-state index is 0.0599. The first kappa shape index (κ1) is 32.0. The lowest BCUT2D eigenvalue weighted by molar-refractivity contribution is -0.140. The largest absolute Gasteiger partial charge is 0.496 e. The fourth-order valence-corrected chi connectivity index (χ4v) is 5.77. The van der Waals surface area contributed by atoms with Crippen LogP contribution in [0.3, 0.4) is 0 Å². The van der Waals surface area contributed by atoms with E-state index in [1.165, 1.54) is 32.2 Å². The molecule has 3 atom stereocenters. The molecule has 3 aromatic carbocycles. The Kier molecular flexibility index (Phi) is 9.47. The van der Waals surface area contributed by atoms with Crippen molar-refractivity contribution in [3.05, 3.63) is 71.3 Å². The van der Waals surface area contributed by atoms with Gasteiger partial charge in [-0.25, -0.2) is 13.6 Å². The van der Waals surface area contributed by atoms with Crippen LogP contribution in [0.15, 0.2) is 48.5 Å². The van der Waals surface area contributed by atoms with Crippen molar-refractivity contribution in [1.29, 1.82) is 0 Å². The van der Waals surface area contributed by atoms with E-state index in [0.717, 1.165) is 4.90 Å². The van der Waals surface area contributed by atoms with Crippen LogP contribution >= 0.6 is 0 Å². The minimum Gasteiger partial charge on any atom is -0.496 e. The lowest BCUT2D eigenvalue weighted by atomic mass is 9.93. The second-order valence-corrected chi connectivity index (χ2v) is 11.3. The summed E-state index contributed by atoms with van der Waals surface area (Å²) in [5.74, 6) is -3.21. The van der Waals surface area contributed by atoms with Crippen LogP contribution in [0.25, 0.3) is 22.3 Å². The van der Waals surface area contributed by atoms with E-state index in [1.54, 1.807) is 49.4 Å². The van der Waals surface area contributed by atoms with Crippen molar-refractivity contribution in [1.82, 2.24) is 15.1 Å². The fourth-order valence-electron chi connectivity index (χ4n) is 5.77. The Morgan fingerprint density at radius 2 is 1.80 bits per heavy atom. The summed E-state index contributed by atoms with van der Waals surface area (Å²) in [7, 11) is 4.25. The van der Waals surface area contributed by atoms with Gasteiger partial charge in [0.25, 0.3) is 0 Å². The zero-order valence-electron chi connectivity index (χ0n) is 25.5. The smallest absolute Gasteiger partial charge is 0.326 e. The van der Waals surface area contributed by atoms with E-state index in [2.05, 4.69) is 10.6 Å². The Balaban J connectivity index is 1.41. The molecule has 3 aromatic rings. The highest BCUT2D eigenvalue weighted by Crippen LogP contribution is 2.37. The molecule has 5 rings (SSSR count). The topological polar surface area (TPSA) is 120 Å². The highest BCUT2D eigenvalue weighted by Gasteiger charge is 2.39. The van der Waals surface area contributed by atoms with Crippen LogP contribution in [0, 0.1) is 24.5 Å². The number of imide groups is 1. The third-order valence-corrected chi connectivity index (χ3v) is 8.45. The molecule has 4 amide bonds. The van der Waals surface area contributed by atoms with E-state index < -0.39 is 41.5 Å². The van der Waals surface area contributed by atoms with Crippen molar-refractivity contribution < 1.29 is 37.7 Å². The Labute approximate surface area is 259 Å². The SMILES string of the molecule is COc1cc(-c2cccc(-c3cccc(NC(=O)C4CN(C)C(=O)N(C)C4=O)c3C)c2F)cc(F)c1CN[C@H]1CCOC[C@@H]1O. The number of carbonyl (C=O) groups is 3. The van der Waals surface area contributed by atoms with Gasteiger partial charge in [0.05, 0.1) is 19.8 Å². The average molecular weight is 623 g/mol. The zero-order chi connectivity index (χ0) is 32.4. The summed E-state index contributed by atoms with van der Waals surface area (Å²) in [6, 6.07) is 11.9. The predicted octanol–water partition coefficient (Wildman–Crippen LogP) is 3.93. The van der Waals surface area contributed by atoms with Gasteiger partial charge < -0.3 is 30.1 Å². The standard InChI is InChI=1S/C33H36F2N4O6/c1-18-20(7-6-10-26(18)37-31(41)24-16-38(2)33(43)39(3)32(24)42)22-9-5-8-21(30(22)35)19-13-25(34)23(29(14-19)44-4)15-36-27-11-12-45-17-28(27)40/h5-10,13-14,24,27-28,36,40H,11-12,15-17H2,1-4H3,(H,37,41)/t24?,27-,28-/m0/s1. The monoisotopic (exact) mass is 622 g/mol. The molecule has 1 unspecified atom stereocenters. The number of amides is 4. The maximum absolute atomic E-state index is 16.2. The van der Waals surface area contributed by atoms with E-state index in [-0.39, 0.29) is 53.7 Å². The summed E-state index contributed by atoms with van der Waals surface area (Å²) < 4.78 is 42.4. The molecule has 45 heavy (non-hydrogen) atoms. The lowest BCUT2D eigenvalue weighted by Gasteiger charge is -2.33. The van der Waals surface area contributed by atoms with E-state index >= 15 is 8.78 Å². The summed E-state index contributed by atoms with van der Waals surface area (Å²) in [6.45, 7) is 2.47. The van der Waals surface area contributed by atoms with E-state index in [1.807, 2.05) is 0 Å². The number of aliphatic hydroxyl groups excluding tert-OH is 1. The molecule has 0 aromatic heterocycles. The molecule has 12 heteroatoms. The number of aliphatic hydroxyl groups is 1. The van der Waals surface area contributed by atoms with Crippen molar-refractivity contribution in [2.75, 3.05) is 46.3 Å². The quantitative estimate of drug-likeness (QED) is 0.326. The lowest BCUT2D eigenvalue weighted by Crippen LogP contribution is -2.56. The highest BCUT2D eigenvalue weighted by molar-refractivity contribution is 6.12. The number of urea groups is 1. The predicted molar refractivity (Wildman–Crippen MR) is 164 cm³/mol. The van der Waals surface area contributed by atoms with Gasteiger partial charge in [-0.3, -0.25) is 14.5 Å². The number of ether oxygens (including phenoxy) is 2. The molecule has 2 saturated heterocycles. The van der Waals surface area contributed by atoms with Crippen LogP contribution in [0.4, 0.5) is 19.3 Å². The van der Waals surface area contributed by atoms with Crippen molar-refractivity contribution in [2.24, 2.45) is 5.92 Å². The minimum atomic E-state index is -1.09. The zero-order valence-corrected chi connectivity index (χ0v) is 25.5. The number of halogens is 2. The number of methoxy groups -OCH3 is 1. The normalized spacial score (nSPS) is 20.4. The van der Waals surface area contributed by atoms with Gasteiger partial charge in [0.1, 0.15) is 23.3 Å². The summed E-state index contributed by atoms with van der Waals surface area (Å²) >= 11 is 0. The Hall–Kier alpha value is -4.39. The molecule has 0 saturated carbocycles. The van der Waals surface area contributed by atoms with Crippen molar-refractivity contribution in [3.8, 4) is 28.0 Å². The number of rotatable bonds is 8. The van der Waals surface area contributed by atoms with E-state index in [4.69, 9.17) is 9.47 Å². The summed E-state index contributed by atoms with van der Waals surface area (Å²) in [5, 5.41) is 16.1. The molecular weight excluding hydrogens is 586 g/mol. The first-order chi connectivity index (χ1) is 21.5. The molecule has 3 N–H and O–H groups in total. The molecule has 2 aliphatic heterocycles. The van der Waals surface area contributed by atoms with Crippen LogP contribution in [-0.4, -0.2) is 85.9 Å². The van der Waals surface area contributed by atoms with Gasteiger partial charge in [0.15, 0.2) is 0 Å². The molecule has 0 spiro atoms. The Morgan fingerprint density at radius 1 is 1.09 bits per heavy atom. The molecule has 0 aliphatic carbocycles. The summed E-state index contributed by atoms with van der Waals surface area (Å²) in [6.07, 6.45) is -0.122. The molecule has 10 nitrogen and oxygen atoms in total. The maximum Gasteiger partial charge on any atom is 0.326 e. The van der Waals surface area contributed by atoms with Crippen LogP contribution in [0.2, 0.25) is 0 Å². The molecule has 238 valence electrons. The Bertz CT molecular complexity index is 1630. The molecule has 2 fully saturated rings. The van der Waals surface area contributed by atoms with Gasteiger partial charge in [0.2, 0.25) is 11.8 Å². The summed E-state index contributed by atoms with van der Waals surface area (Å²) in [5.41, 5.74) is 2.36. The van der Waals surface area contributed by atoms with Crippen LogP contribution in [0.1, 0.15) is 17.5 Å². The number of hydrogen-bond donors (Lipinski definition) is 3. The average Bonchev–Trinajstić information content (AvgIpc) is 3.02. The van der Waals surface area contributed by atoms with Crippen molar-refractivity contribution in [2.45, 2.75) is 32.0 Å². The van der Waals surface area contributed by atoms with Gasteiger partial charge in [0, 0.05) is 62.2 Å². The van der Waals surface area contributed by atoms with Gasteiger partial charge in [-0.05, 0) is 48.2 Å². The van der Waals surface area contributed by atoms with Crippen molar-refractivity contribution >= 4 is 23.5 Å². The molecule has 0 radical (unpaired) electrons. The number of carbonyl (C=O) groups excluding carboxylic acids is 3. The van der Waals surface area contributed by atoms with Crippen LogP contribution in [-0.2, 0) is 20.9 Å². The third kappa shape index (κ3) is 6.39. The number of anilines is 1. The summed E-state index contributed by atoms with van der Waals surface area (Å²) in [4.78, 5) is 40.0. The van der Waals surface area contributed by atoms with Gasteiger partial charge in [-0.1, -0.05) is 30.3 Å². The third-order valence-electron chi connectivity index (χ3n) is 8.45. The first-order valence-electron chi connectivity index (χ1n) is 14.6.